The molecule has 4 heteroatoms. The Morgan fingerprint density at radius 1 is 1.39 bits per heavy atom. The highest BCUT2D eigenvalue weighted by Crippen LogP contribution is 2.30. The van der Waals surface area contributed by atoms with E-state index in [9.17, 15) is 0 Å². The monoisotopic (exact) mass is 280 g/mol. The van der Waals surface area contributed by atoms with Crippen LogP contribution in [0.3, 0.4) is 0 Å². The van der Waals surface area contributed by atoms with Crippen molar-refractivity contribution in [2.45, 2.75) is 46.2 Å². The van der Waals surface area contributed by atoms with Crippen LogP contribution in [0.15, 0.2) is 16.8 Å². The van der Waals surface area contributed by atoms with Gasteiger partial charge in [-0.1, -0.05) is 6.92 Å². The Morgan fingerprint density at radius 3 is 2.67 bits per heavy atom. The zero-order valence-corrected chi connectivity index (χ0v) is 13.0. The zero-order valence-electron chi connectivity index (χ0n) is 11.4. The molecule has 0 bridgehead atoms. The minimum atomic E-state index is 0.236. The second-order valence-corrected chi connectivity index (χ2v) is 6.73. The number of thiophene rings is 1. The van der Waals surface area contributed by atoms with Crippen LogP contribution in [0.4, 0.5) is 0 Å². The molecule has 1 unspecified atom stereocenters. The van der Waals surface area contributed by atoms with E-state index in [0.717, 1.165) is 6.42 Å². The van der Waals surface area contributed by atoms with Gasteiger partial charge in [0.1, 0.15) is 5.01 Å². The zero-order chi connectivity index (χ0) is 13.1. The van der Waals surface area contributed by atoms with E-state index in [1.54, 1.807) is 11.3 Å². The van der Waals surface area contributed by atoms with Gasteiger partial charge in [0, 0.05) is 10.9 Å². The fourth-order valence-electron chi connectivity index (χ4n) is 1.98. The van der Waals surface area contributed by atoms with Crippen molar-refractivity contribution in [3.63, 3.8) is 0 Å². The van der Waals surface area contributed by atoms with Gasteiger partial charge < -0.3 is 5.32 Å². The Morgan fingerprint density at radius 2 is 2.17 bits per heavy atom. The molecule has 0 aliphatic carbocycles. The second kappa shape index (κ2) is 5.95. The molecule has 0 fully saturated rings. The van der Waals surface area contributed by atoms with Crippen molar-refractivity contribution in [2.75, 3.05) is 0 Å². The van der Waals surface area contributed by atoms with Crippen LogP contribution < -0.4 is 5.32 Å². The summed E-state index contributed by atoms with van der Waals surface area (Å²) >= 11 is 3.56. The number of aryl methyl sites for hydroxylation is 2. The highest BCUT2D eigenvalue weighted by atomic mass is 32.1. The number of hydrogen-bond acceptors (Lipinski definition) is 4. The summed E-state index contributed by atoms with van der Waals surface area (Å²) in [5.74, 6) is 0. The van der Waals surface area contributed by atoms with E-state index in [0.29, 0.717) is 6.04 Å². The van der Waals surface area contributed by atoms with Gasteiger partial charge in [-0.2, -0.15) is 11.3 Å². The molecule has 2 heterocycles. The summed E-state index contributed by atoms with van der Waals surface area (Å²) in [6.45, 7) is 8.70. The van der Waals surface area contributed by atoms with E-state index in [1.807, 2.05) is 11.3 Å². The van der Waals surface area contributed by atoms with Gasteiger partial charge in [-0.25, -0.2) is 4.98 Å². The highest BCUT2D eigenvalue weighted by Gasteiger charge is 2.20. The Bertz CT molecular complexity index is 486. The lowest BCUT2D eigenvalue weighted by molar-refractivity contribution is 0.527. The van der Waals surface area contributed by atoms with E-state index in [-0.39, 0.29) is 6.04 Å². The third kappa shape index (κ3) is 2.99. The minimum Gasteiger partial charge on any atom is -0.302 e. The molecule has 2 nitrogen and oxygen atoms in total. The smallest absolute Gasteiger partial charge is 0.115 e. The van der Waals surface area contributed by atoms with Gasteiger partial charge in [0.05, 0.1) is 11.7 Å². The number of thiazole rings is 1. The SMILES string of the molecule is CCc1nc(C(NC(C)C)c2ccsc2)sc1C. The van der Waals surface area contributed by atoms with Crippen molar-refractivity contribution in [3.8, 4) is 0 Å². The molecule has 2 aromatic rings. The molecule has 0 saturated heterocycles. The van der Waals surface area contributed by atoms with Crippen LogP contribution >= 0.6 is 22.7 Å². The first-order valence-corrected chi connectivity index (χ1v) is 8.12. The quantitative estimate of drug-likeness (QED) is 0.889. The Hall–Kier alpha value is -0.710. The summed E-state index contributed by atoms with van der Waals surface area (Å²) < 4.78 is 0. The third-order valence-corrected chi connectivity index (χ3v) is 4.65. The Balaban J connectivity index is 2.33. The molecule has 0 aromatic carbocycles. The van der Waals surface area contributed by atoms with Crippen LogP contribution in [0.5, 0.6) is 0 Å². The van der Waals surface area contributed by atoms with E-state index in [4.69, 9.17) is 4.98 Å². The first-order valence-electron chi connectivity index (χ1n) is 6.36. The predicted octanol–water partition coefficient (Wildman–Crippen LogP) is 4.16. The van der Waals surface area contributed by atoms with Crippen LogP contribution in [0.25, 0.3) is 0 Å². The fraction of sp³-hybridized carbons (Fsp3) is 0.500. The fourth-order valence-corrected chi connectivity index (χ4v) is 3.77. The maximum Gasteiger partial charge on any atom is 0.115 e. The number of aromatic nitrogens is 1. The lowest BCUT2D eigenvalue weighted by Crippen LogP contribution is -2.28. The van der Waals surface area contributed by atoms with E-state index in [2.05, 4.69) is 49.8 Å². The van der Waals surface area contributed by atoms with Crippen LogP contribution in [0.2, 0.25) is 0 Å². The van der Waals surface area contributed by atoms with Crippen LogP contribution in [0, 0.1) is 6.92 Å². The summed E-state index contributed by atoms with van der Waals surface area (Å²) in [4.78, 5) is 6.14. The van der Waals surface area contributed by atoms with Crippen molar-refractivity contribution in [3.05, 3.63) is 38.0 Å². The lowest BCUT2D eigenvalue weighted by atomic mass is 10.1. The molecule has 0 radical (unpaired) electrons. The first kappa shape index (κ1) is 13.7. The van der Waals surface area contributed by atoms with Gasteiger partial charge in [0.15, 0.2) is 0 Å². The summed E-state index contributed by atoms with van der Waals surface area (Å²) in [7, 11) is 0. The molecule has 0 spiro atoms. The molecule has 2 aromatic heterocycles. The number of hydrogen-bond donors (Lipinski definition) is 1. The average molecular weight is 280 g/mol. The molecule has 98 valence electrons. The van der Waals surface area contributed by atoms with Crippen molar-refractivity contribution in [2.24, 2.45) is 0 Å². The van der Waals surface area contributed by atoms with Crippen molar-refractivity contribution in [1.29, 1.82) is 0 Å². The average Bonchev–Trinajstić information content (AvgIpc) is 2.94. The van der Waals surface area contributed by atoms with E-state index >= 15 is 0 Å². The number of rotatable bonds is 5. The molecule has 0 saturated carbocycles. The number of nitrogens with one attached hydrogen (secondary N) is 1. The molecule has 18 heavy (non-hydrogen) atoms. The highest BCUT2D eigenvalue weighted by molar-refractivity contribution is 7.11. The van der Waals surface area contributed by atoms with Crippen LogP contribution in [-0.2, 0) is 6.42 Å². The summed E-state index contributed by atoms with van der Waals surface area (Å²) in [6, 6.07) is 2.87. The lowest BCUT2D eigenvalue weighted by Gasteiger charge is -2.18. The Kier molecular flexibility index (Phi) is 4.54. The molecule has 0 aliphatic heterocycles. The van der Waals surface area contributed by atoms with Crippen molar-refractivity contribution in [1.82, 2.24) is 10.3 Å². The third-order valence-electron chi connectivity index (χ3n) is 2.87. The molecule has 1 N–H and O–H groups in total. The molecule has 0 aliphatic rings. The van der Waals surface area contributed by atoms with Crippen molar-refractivity contribution < 1.29 is 0 Å². The van der Waals surface area contributed by atoms with Crippen molar-refractivity contribution >= 4 is 22.7 Å². The first-order chi connectivity index (χ1) is 8.61. The van der Waals surface area contributed by atoms with Gasteiger partial charge >= 0.3 is 0 Å². The van der Waals surface area contributed by atoms with Gasteiger partial charge in [0.2, 0.25) is 0 Å². The van der Waals surface area contributed by atoms with Gasteiger partial charge in [0.25, 0.3) is 0 Å². The molecule has 0 amide bonds. The molecular formula is C14H20N2S2. The molecular weight excluding hydrogens is 260 g/mol. The molecule has 2 rings (SSSR count). The Labute approximate surface area is 117 Å². The van der Waals surface area contributed by atoms with E-state index in [1.165, 1.54) is 21.1 Å². The predicted molar refractivity (Wildman–Crippen MR) is 80.7 cm³/mol. The standard InChI is InChI=1S/C14H20N2S2/c1-5-12-10(4)18-14(16-12)13(15-9(2)3)11-6-7-17-8-11/h6-9,13,15H,5H2,1-4H3. The van der Waals surface area contributed by atoms with Gasteiger partial charge in [-0.3, -0.25) is 0 Å². The topological polar surface area (TPSA) is 24.9 Å². The second-order valence-electron chi connectivity index (χ2n) is 4.72. The molecule has 1 atom stereocenters. The largest absolute Gasteiger partial charge is 0.302 e. The van der Waals surface area contributed by atoms with E-state index < -0.39 is 0 Å². The summed E-state index contributed by atoms with van der Waals surface area (Å²) in [6.07, 6.45) is 1.01. The summed E-state index contributed by atoms with van der Waals surface area (Å²) in [5, 5.41) is 9.15. The minimum absolute atomic E-state index is 0.236. The maximum absolute atomic E-state index is 4.80. The van der Waals surface area contributed by atoms with Crippen LogP contribution in [0.1, 0.15) is 48.0 Å². The normalized spacial score (nSPS) is 13.2. The maximum atomic E-state index is 4.80. The summed E-state index contributed by atoms with van der Waals surface area (Å²) in [5.41, 5.74) is 2.56. The van der Waals surface area contributed by atoms with Crippen LogP contribution in [-0.4, -0.2) is 11.0 Å². The van der Waals surface area contributed by atoms with Gasteiger partial charge in [-0.05, 0) is 49.6 Å². The van der Waals surface area contributed by atoms with Gasteiger partial charge in [-0.15, -0.1) is 11.3 Å². The number of nitrogens with zero attached hydrogens (tertiary/aromatic N) is 1.